The number of halogens is 3. The Morgan fingerprint density at radius 1 is 1.10 bits per heavy atom. The van der Waals surface area contributed by atoms with Crippen molar-refractivity contribution in [2.24, 2.45) is 0 Å². The van der Waals surface area contributed by atoms with Crippen LogP contribution in [-0.2, 0) is 6.18 Å². The van der Waals surface area contributed by atoms with Crippen molar-refractivity contribution in [3.8, 4) is 5.69 Å². The highest BCUT2D eigenvalue weighted by molar-refractivity contribution is 5.94. The Bertz CT molecular complexity index is 1130. The number of hydrogen-bond acceptors (Lipinski definition) is 5. The molecule has 0 aliphatic heterocycles. The Hall–Kier alpha value is -4.22. The Morgan fingerprint density at radius 2 is 1.77 bits per heavy atom. The highest BCUT2D eigenvalue weighted by atomic mass is 19.4. The summed E-state index contributed by atoms with van der Waals surface area (Å²) in [6.07, 6.45) is -1.88. The third-order valence-corrected chi connectivity index (χ3v) is 3.92. The van der Waals surface area contributed by atoms with Gasteiger partial charge in [-0.2, -0.15) is 18.3 Å². The van der Waals surface area contributed by atoms with Gasteiger partial charge in [-0.3, -0.25) is 10.1 Å². The molecule has 0 radical (unpaired) electrons. The number of alkyl halides is 3. The smallest absolute Gasteiger partial charge is 0.416 e. The number of rotatable bonds is 4. The van der Waals surface area contributed by atoms with E-state index in [4.69, 9.17) is 10.2 Å². The molecule has 0 saturated carbocycles. The van der Waals surface area contributed by atoms with E-state index >= 15 is 0 Å². The van der Waals surface area contributed by atoms with Crippen LogP contribution in [0.3, 0.4) is 0 Å². The van der Waals surface area contributed by atoms with Crippen LogP contribution in [0.1, 0.15) is 31.8 Å². The Labute approximate surface area is 172 Å². The average Bonchev–Trinajstić information content (AvgIpc) is 3.22. The van der Waals surface area contributed by atoms with Gasteiger partial charge in [0, 0.05) is 24.5 Å². The van der Waals surface area contributed by atoms with E-state index < -0.39 is 34.3 Å². The second kappa shape index (κ2) is 9.07. The Morgan fingerprint density at radius 3 is 2.26 bits per heavy atom. The first-order valence-corrected chi connectivity index (χ1v) is 8.34. The van der Waals surface area contributed by atoms with Crippen LogP contribution >= 0.6 is 0 Å². The highest BCUT2D eigenvalue weighted by Crippen LogP contribution is 2.33. The molecule has 0 unspecified atom stereocenters. The lowest BCUT2D eigenvalue weighted by molar-refractivity contribution is -0.385. The number of carbonyl (C=O) groups is 2. The fourth-order valence-corrected chi connectivity index (χ4v) is 2.40. The van der Waals surface area contributed by atoms with Crippen LogP contribution in [0.5, 0.6) is 0 Å². The van der Waals surface area contributed by atoms with Crippen LogP contribution in [-0.4, -0.2) is 36.9 Å². The minimum Gasteiger partial charge on any atom is -0.478 e. The monoisotopic (exact) mass is 437 g/mol. The van der Waals surface area contributed by atoms with Crippen molar-refractivity contribution in [1.82, 2.24) is 9.78 Å². The number of non-ortho nitro benzene ring substituents is 1. The molecule has 0 atom stereocenters. The SMILES string of the molecule is Cc1ccc(C(=O)O)cc1C(=O)O.O=[N+]([O-])c1cc(-n2cccn2)cc(C(F)(F)F)c1. The molecule has 0 aliphatic carbocycles. The third kappa shape index (κ3) is 5.88. The number of aromatic carboxylic acids is 2. The Balaban J connectivity index is 0.000000233. The van der Waals surface area contributed by atoms with Gasteiger partial charge in [0.25, 0.3) is 5.69 Å². The summed E-state index contributed by atoms with van der Waals surface area (Å²) in [4.78, 5) is 30.8. The topological polar surface area (TPSA) is 136 Å². The van der Waals surface area contributed by atoms with Crippen LogP contribution in [0.4, 0.5) is 18.9 Å². The van der Waals surface area contributed by atoms with Crippen molar-refractivity contribution in [2.75, 3.05) is 0 Å². The van der Waals surface area contributed by atoms with Gasteiger partial charge in [-0.1, -0.05) is 6.07 Å². The number of nitro groups is 1. The number of nitro benzene ring substituents is 1. The molecular formula is C19H14F3N3O6. The molecule has 3 rings (SSSR count). The summed E-state index contributed by atoms with van der Waals surface area (Å²) in [5.41, 5.74) is -1.15. The molecule has 162 valence electrons. The minimum absolute atomic E-state index is 0.0111. The van der Waals surface area contributed by atoms with Crippen molar-refractivity contribution in [2.45, 2.75) is 13.1 Å². The number of hydrogen-bond donors (Lipinski definition) is 2. The largest absolute Gasteiger partial charge is 0.478 e. The average molecular weight is 437 g/mol. The first kappa shape index (κ1) is 23.1. The van der Waals surface area contributed by atoms with E-state index in [0.29, 0.717) is 11.6 Å². The summed E-state index contributed by atoms with van der Waals surface area (Å²) in [7, 11) is 0. The minimum atomic E-state index is -4.64. The molecule has 9 nitrogen and oxygen atoms in total. The molecule has 0 aliphatic rings. The number of benzene rings is 2. The summed E-state index contributed by atoms with van der Waals surface area (Å²) >= 11 is 0. The maximum absolute atomic E-state index is 12.6. The summed E-state index contributed by atoms with van der Waals surface area (Å²) in [6, 6.07) is 7.85. The van der Waals surface area contributed by atoms with Crippen LogP contribution in [0.15, 0.2) is 54.9 Å². The fraction of sp³-hybridized carbons (Fsp3) is 0.105. The maximum Gasteiger partial charge on any atom is 0.416 e. The van der Waals surface area contributed by atoms with Gasteiger partial charge in [-0.15, -0.1) is 0 Å². The van der Waals surface area contributed by atoms with E-state index in [1.54, 1.807) is 6.92 Å². The van der Waals surface area contributed by atoms with Gasteiger partial charge in [0.05, 0.1) is 27.3 Å². The first-order valence-electron chi connectivity index (χ1n) is 8.34. The predicted octanol–water partition coefficient (Wildman–Crippen LogP) is 4.19. The van der Waals surface area contributed by atoms with Gasteiger partial charge in [0.2, 0.25) is 0 Å². The second-order valence-electron chi connectivity index (χ2n) is 6.08. The molecule has 0 fully saturated rings. The highest BCUT2D eigenvalue weighted by Gasteiger charge is 2.33. The lowest BCUT2D eigenvalue weighted by Gasteiger charge is -2.09. The number of nitrogens with zero attached hydrogens (tertiary/aromatic N) is 3. The molecule has 2 N–H and O–H groups in total. The van der Waals surface area contributed by atoms with E-state index in [9.17, 15) is 32.9 Å². The van der Waals surface area contributed by atoms with Crippen molar-refractivity contribution in [3.05, 3.63) is 87.2 Å². The Kier molecular flexibility index (Phi) is 6.75. The second-order valence-corrected chi connectivity index (χ2v) is 6.08. The van der Waals surface area contributed by atoms with Crippen molar-refractivity contribution >= 4 is 17.6 Å². The lowest BCUT2D eigenvalue weighted by atomic mass is 10.1. The molecule has 12 heteroatoms. The van der Waals surface area contributed by atoms with Gasteiger partial charge >= 0.3 is 18.1 Å². The number of aromatic nitrogens is 2. The predicted molar refractivity (Wildman–Crippen MR) is 100 cm³/mol. The molecule has 2 aromatic carbocycles. The maximum atomic E-state index is 12.6. The number of carboxylic acids is 2. The van der Waals surface area contributed by atoms with Crippen LogP contribution < -0.4 is 0 Å². The van der Waals surface area contributed by atoms with Gasteiger partial charge in [0.15, 0.2) is 0 Å². The van der Waals surface area contributed by atoms with Crippen molar-refractivity contribution in [3.63, 3.8) is 0 Å². The van der Waals surface area contributed by atoms with E-state index in [-0.39, 0.29) is 16.8 Å². The van der Waals surface area contributed by atoms with Gasteiger partial charge < -0.3 is 10.2 Å². The lowest BCUT2D eigenvalue weighted by Crippen LogP contribution is -2.07. The molecular weight excluding hydrogens is 423 g/mol. The zero-order chi connectivity index (χ0) is 23.3. The molecule has 0 amide bonds. The summed E-state index contributed by atoms with van der Waals surface area (Å²) in [6.45, 7) is 1.62. The molecule has 0 bridgehead atoms. The normalized spacial score (nSPS) is 10.7. The van der Waals surface area contributed by atoms with E-state index in [1.807, 2.05) is 0 Å². The van der Waals surface area contributed by atoms with E-state index in [2.05, 4.69) is 5.10 Å². The van der Waals surface area contributed by atoms with Gasteiger partial charge in [-0.25, -0.2) is 14.3 Å². The first-order chi connectivity index (χ1) is 14.4. The quantitative estimate of drug-likeness (QED) is 0.461. The van der Waals surface area contributed by atoms with Crippen LogP contribution in [0.2, 0.25) is 0 Å². The van der Waals surface area contributed by atoms with Gasteiger partial charge in [0.1, 0.15) is 0 Å². The zero-order valence-electron chi connectivity index (χ0n) is 15.7. The van der Waals surface area contributed by atoms with Gasteiger partial charge in [-0.05, 0) is 36.8 Å². The fourth-order valence-electron chi connectivity index (χ4n) is 2.40. The molecule has 1 heterocycles. The third-order valence-electron chi connectivity index (χ3n) is 3.92. The zero-order valence-corrected chi connectivity index (χ0v) is 15.7. The molecule has 31 heavy (non-hydrogen) atoms. The standard InChI is InChI=1S/C10H6F3N3O2.C9H8O4/c11-10(12,13)7-4-8(15-3-1-2-14-15)6-9(5-7)16(17)18;1-5-2-3-6(8(10)11)4-7(5)9(12)13/h1-6H;2-4H,1H3,(H,10,11)(H,12,13). The van der Waals surface area contributed by atoms with Crippen LogP contribution in [0, 0.1) is 17.0 Å². The van der Waals surface area contributed by atoms with E-state index in [0.717, 1.165) is 22.9 Å². The molecule has 0 saturated heterocycles. The number of carboxylic acid groups (broad SMARTS) is 2. The molecule has 3 aromatic rings. The number of aryl methyl sites for hydroxylation is 1. The molecule has 0 spiro atoms. The van der Waals surface area contributed by atoms with E-state index in [1.165, 1.54) is 30.6 Å². The van der Waals surface area contributed by atoms with Crippen molar-refractivity contribution < 1.29 is 37.9 Å². The summed E-state index contributed by atoms with van der Waals surface area (Å²) in [5, 5.41) is 31.6. The molecule has 1 aromatic heterocycles. The summed E-state index contributed by atoms with van der Waals surface area (Å²) < 4.78 is 38.9. The summed E-state index contributed by atoms with van der Waals surface area (Å²) in [5.74, 6) is -2.23. The van der Waals surface area contributed by atoms with Crippen LogP contribution in [0.25, 0.3) is 5.69 Å². The van der Waals surface area contributed by atoms with Crippen molar-refractivity contribution in [1.29, 1.82) is 0 Å².